The van der Waals surface area contributed by atoms with Crippen LogP contribution < -0.4 is 0 Å². The second kappa shape index (κ2) is 2.59. The van der Waals surface area contributed by atoms with E-state index in [1.54, 1.807) is 13.8 Å². The molecule has 3 nitrogen and oxygen atoms in total. The molecule has 2 atom stereocenters. The van der Waals surface area contributed by atoms with E-state index >= 15 is 0 Å². The summed E-state index contributed by atoms with van der Waals surface area (Å²) in [5.74, 6) is 0.0693. The quantitative estimate of drug-likeness (QED) is 0.541. The maximum Gasteiger partial charge on any atom is 0.156 e. The molecule has 0 unspecified atom stereocenters. The lowest BCUT2D eigenvalue weighted by atomic mass is 10.1. The fourth-order valence-corrected chi connectivity index (χ4v) is 2.98. The van der Waals surface area contributed by atoms with Crippen LogP contribution >= 0.6 is 0 Å². The van der Waals surface area contributed by atoms with Crippen molar-refractivity contribution in [1.82, 2.24) is 0 Å². The average Bonchev–Trinajstić information content (AvgIpc) is 1.84. The summed E-state index contributed by atoms with van der Waals surface area (Å²) in [7, 11) is -2.99. The van der Waals surface area contributed by atoms with Crippen LogP contribution in [0.1, 0.15) is 26.7 Å². The van der Waals surface area contributed by atoms with Gasteiger partial charge in [-0.1, -0.05) is 0 Å². The zero-order chi connectivity index (χ0) is 8.65. The predicted octanol–water partition coefficient (Wildman–Crippen LogP) is 0.541. The summed E-state index contributed by atoms with van der Waals surface area (Å²) < 4.78 is 22.6. The van der Waals surface area contributed by atoms with E-state index in [1.807, 2.05) is 0 Å². The van der Waals surface area contributed by atoms with Crippen molar-refractivity contribution in [1.29, 1.82) is 0 Å². The number of carbonyl (C=O) groups excluding carboxylic acids is 1. The molecule has 0 bridgehead atoms. The van der Waals surface area contributed by atoms with E-state index in [-0.39, 0.29) is 18.6 Å². The molecule has 1 saturated heterocycles. The highest BCUT2D eigenvalue weighted by atomic mass is 32.2. The molecule has 1 aliphatic rings. The second-order valence-electron chi connectivity index (χ2n) is 3.16. The van der Waals surface area contributed by atoms with Gasteiger partial charge < -0.3 is 0 Å². The number of carbonyl (C=O) groups is 1. The molecule has 0 aromatic rings. The van der Waals surface area contributed by atoms with Gasteiger partial charge in [0.25, 0.3) is 0 Å². The SMILES string of the molecule is C[C@@H]1CC(=O)C[C@H](C)S1(=O)=O. The summed E-state index contributed by atoms with van der Waals surface area (Å²) in [6.45, 7) is 3.20. The van der Waals surface area contributed by atoms with Crippen LogP contribution in [0, 0.1) is 0 Å². The Balaban J connectivity index is 2.93. The van der Waals surface area contributed by atoms with Crippen LogP contribution in [-0.2, 0) is 14.6 Å². The summed E-state index contributed by atoms with van der Waals surface area (Å²) in [5.41, 5.74) is 0. The Kier molecular flexibility index (Phi) is 2.05. The highest BCUT2D eigenvalue weighted by Gasteiger charge is 2.35. The van der Waals surface area contributed by atoms with Gasteiger partial charge in [-0.05, 0) is 13.8 Å². The summed E-state index contributed by atoms with van der Waals surface area (Å²) in [6.07, 6.45) is 0.402. The summed E-state index contributed by atoms with van der Waals surface area (Å²) in [4.78, 5) is 10.9. The van der Waals surface area contributed by atoms with E-state index < -0.39 is 20.3 Å². The zero-order valence-electron chi connectivity index (χ0n) is 6.70. The van der Waals surface area contributed by atoms with Crippen LogP contribution in [0.4, 0.5) is 0 Å². The summed E-state index contributed by atoms with van der Waals surface area (Å²) in [6, 6.07) is 0. The molecule has 11 heavy (non-hydrogen) atoms. The lowest BCUT2D eigenvalue weighted by Gasteiger charge is -2.23. The molecule has 0 aliphatic carbocycles. The number of rotatable bonds is 0. The molecule has 4 heteroatoms. The van der Waals surface area contributed by atoms with E-state index in [4.69, 9.17) is 0 Å². The highest BCUT2D eigenvalue weighted by molar-refractivity contribution is 7.92. The molecule has 0 spiro atoms. The minimum atomic E-state index is -2.99. The van der Waals surface area contributed by atoms with Gasteiger partial charge in [0.1, 0.15) is 5.78 Å². The molecule has 0 saturated carbocycles. The smallest absolute Gasteiger partial charge is 0.156 e. The highest BCUT2D eigenvalue weighted by Crippen LogP contribution is 2.22. The van der Waals surface area contributed by atoms with Gasteiger partial charge in [0, 0.05) is 12.8 Å². The van der Waals surface area contributed by atoms with Crippen LogP contribution in [0.5, 0.6) is 0 Å². The minimum Gasteiger partial charge on any atom is -0.300 e. The van der Waals surface area contributed by atoms with Crippen molar-refractivity contribution in [3.05, 3.63) is 0 Å². The maximum atomic E-state index is 11.3. The van der Waals surface area contributed by atoms with Crippen molar-refractivity contribution in [2.24, 2.45) is 0 Å². The molecule has 1 fully saturated rings. The molecule has 0 radical (unpaired) electrons. The molecule has 1 aliphatic heterocycles. The van der Waals surface area contributed by atoms with Gasteiger partial charge in [0.2, 0.25) is 0 Å². The van der Waals surface area contributed by atoms with Crippen molar-refractivity contribution in [2.75, 3.05) is 0 Å². The fourth-order valence-electron chi connectivity index (χ4n) is 1.35. The fraction of sp³-hybridized carbons (Fsp3) is 0.857. The van der Waals surface area contributed by atoms with Crippen molar-refractivity contribution >= 4 is 15.6 Å². The van der Waals surface area contributed by atoms with Gasteiger partial charge in [0.05, 0.1) is 10.5 Å². The number of hydrogen-bond acceptors (Lipinski definition) is 3. The van der Waals surface area contributed by atoms with Gasteiger partial charge in [-0.2, -0.15) is 0 Å². The third-order valence-corrected chi connectivity index (χ3v) is 4.73. The van der Waals surface area contributed by atoms with Gasteiger partial charge >= 0.3 is 0 Å². The van der Waals surface area contributed by atoms with Crippen LogP contribution in [0.15, 0.2) is 0 Å². The summed E-state index contributed by atoms with van der Waals surface area (Å²) >= 11 is 0. The molecule has 0 amide bonds. The molecule has 1 heterocycles. The zero-order valence-corrected chi connectivity index (χ0v) is 7.52. The Labute approximate surface area is 66.7 Å². The Morgan fingerprint density at radius 3 is 1.91 bits per heavy atom. The van der Waals surface area contributed by atoms with Crippen molar-refractivity contribution < 1.29 is 13.2 Å². The predicted molar refractivity (Wildman–Crippen MR) is 42.1 cm³/mol. The number of sulfone groups is 1. The molecule has 64 valence electrons. The van der Waals surface area contributed by atoms with Gasteiger partial charge in [-0.15, -0.1) is 0 Å². The van der Waals surface area contributed by atoms with Crippen molar-refractivity contribution in [3.8, 4) is 0 Å². The Bertz CT molecular complexity index is 245. The van der Waals surface area contributed by atoms with E-state index in [9.17, 15) is 13.2 Å². The molecular weight excluding hydrogens is 164 g/mol. The lowest BCUT2D eigenvalue weighted by molar-refractivity contribution is -0.119. The molecule has 0 aromatic carbocycles. The Hall–Kier alpha value is -0.380. The minimum absolute atomic E-state index is 0.0693. The largest absolute Gasteiger partial charge is 0.300 e. The number of Topliss-reactive ketones (excluding diaryl/α,β-unsaturated/α-hetero) is 1. The summed E-state index contributed by atoms with van der Waals surface area (Å²) in [5, 5.41) is -0.947. The first-order valence-electron chi connectivity index (χ1n) is 3.69. The first kappa shape index (κ1) is 8.71. The van der Waals surface area contributed by atoms with Crippen LogP contribution in [0.2, 0.25) is 0 Å². The van der Waals surface area contributed by atoms with Crippen LogP contribution in [-0.4, -0.2) is 24.7 Å². The second-order valence-corrected chi connectivity index (χ2v) is 5.94. The van der Waals surface area contributed by atoms with E-state index in [0.717, 1.165) is 0 Å². The standard InChI is InChI=1S/C7H12O3S/c1-5-3-7(8)4-6(2)11(5,9)10/h5-6H,3-4H2,1-2H3/t5-,6+. The van der Waals surface area contributed by atoms with E-state index in [1.165, 1.54) is 0 Å². The van der Waals surface area contributed by atoms with Gasteiger partial charge in [0.15, 0.2) is 9.84 Å². The molecule has 1 rings (SSSR count). The number of hydrogen-bond donors (Lipinski definition) is 0. The van der Waals surface area contributed by atoms with Crippen molar-refractivity contribution in [3.63, 3.8) is 0 Å². The molecule has 0 N–H and O–H groups in total. The normalized spacial score (nSPS) is 37.1. The third-order valence-electron chi connectivity index (χ3n) is 2.15. The van der Waals surface area contributed by atoms with Gasteiger partial charge in [-0.25, -0.2) is 8.42 Å². The topological polar surface area (TPSA) is 51.2 Å². The lowest BCUT2D eigenvalue weighted by Crippen LogP contribution is -2.37. The van der Waals surface area contributed by atoms with E-state index in [0.29, 0.717) is 0 Å². The Morgan fingerprint density at radius 2 is 1.55 bits per heavy atom. The molecular formula is C7H12O3S. The van der Waals surface area contributed by atoms with E-state index in [2.05, 4.69) is 0 Å². The Morgan fingerprint density at radius 1 is 1.18 bits per heavy atom. The first-order valence-corrected chi connectivity index (χ1v) is 5.30. The monoisotopic (exact) mass is 176 g/mol. The third kappa shape index (κ3) is 1.45. The van der Waals surface area contributed by atoms with Crippen LogP contribution in [0.3, 0.4) is 0 Å². The average molecular weight is 176 g/mol. The molecule has 0 aromatic heterocycles. The van der Waals surface area contributed by atoms with Crippen LogP contribution in [0.25, 0.3) is 0 Å². The maximum absolute atomic E-state index is 11.3. The first-order chi connectivity index (χ1) is 4.94. The van der Waals surface area contributed by atoms with Gasteiger partial charge in [-0.3, -0.25) is 4.79 Å². The van der Waals surface area contributed by atoms with Crippen molar-refractivity contribution in [2.45, 2.75) is 37.2 Å². The number of ketones is 1.